The van der Waals surface area contributed by atoms with Crippen LogP contribution in [0.25, 0.3) is 0 Å². The number of carbonyl (C=O) groups is 1. The largest absolute Gasteiger partial charge is 0.481 e. The summed E-state index contributed by atoms with van der Waals surface area (Å²) in [6, 6.07) is 0. The number of aliphatic carboxylic acids is 1. The minimum Gasteiger partial charge on any atom is -0.481 e. The highest BCUT2D eigenvalue weighted by Crippen LogP contribution is 2.44. The second kappa shape index (κ2) is 3.30. The van der Waals surface area contributed by atoms with E-state index in [9.17, 15) is 4.79 Å². The van der Waals surface area contributed by atoms with Gasteiger partial charge in [0.05, 0.1) is 5.41 Å². The Hall–Kier alpha value is -0.790. The highest BCUT2D eigenvalue weighted by Gasteiger charge is 2.42. The molecule has 0 amide bonds. The molecule has 2 nitrogen and oxygen atoms in total. The molecule has 0 heterocycles. The third-order valence-electron chi connectivity index (χ3n) is 2.84. The lowest BCUT2D eigenvalue weighted by Crippen LogP contribution is -2.27. The molecular weight excluding hydrogens is 152 g/mol. The fourth-order valence-corrected chi connectivity index (χ4v) is 2.14. The Balaban J connectivity index is 2.74. The van der Waals surface area contributed by atoms with Gasteiger partial charge >= 0.3 is 5.97 Å². The van der Waals surface area contributed by atoms with Crippen molar-refractivity contribution < 1.29 is 9.90 Å². The van der Waals surface area contributed by atoms with E-state index in [0.717, 1.165) is 19.3 Å². The van der Waals surface area contributed by atoms with Crippen LogP contribution in [0.15, 0.2) is 12.7 Å². The van der Waals surface area contributed by atoms with Crippen LogP contribution in [-0.4, -0.2) is 11.1 Å². The molecule has 0 aromatic carbocycles. The van der Waals surface area contributed by atoms with Crippen LogP contribution in [0, 0.1) is 11.3 Å². The summed E-state index contributed by atoms with van der Waals surface area (Å²) in [5.74, 6) is -0.0900. The maximum absolute atomic E-state index is 11.0. The molecule has 1 fully saturated rings. The molecule has 68 valence electrons. The zero-order valence-corrected chi connectivity index (χ0v) is 7.55. The van der Waals surface area contributed by atoms with Gasteiger partial charge in [-0.15, -0.1) is 6.58 Å². The Bertz CT molecular complexity index is 198. The molecule has 1 N–H and O–H groups in total. The fourth-order valence-electron chi connectivity index (χ4n) is 2.14. The summed E-state index contributed by atoms with van der Waals surface area (Å²) >= 11 is 0. The van der Waals surface area contributed by atoms with Crippen molar-refractivity contribution in [3.05, 3.63) is 12.7 Å². The molecule has 1 aliphatic carbocycles. The molecular formula is C10H16O2. The van der Waals surface area contributed by atoms with E-state index in [0.29, 0.717) is 12.3 Å². The molecule has 0 saturated heterocycles. The van der Waals surface area contributed by atoms with Crippen LogP contribution in [0.3, 0.4) is 0 Å². The standard InChI is InChI=1S/C10H16O2/c1-3-5-10(9(11)12)6-4-8(2)7-10/h3,8H,1,4-7H2,2H3,(H,11,12). The predicted molar refractivity (Wildman–Crippen MR) is 47.9 cm³/mol. The van der Waals surface area contributed by atoms with Gasteiger partial charge in [0.15, 0.2) is 0 Å². The van der Waals surface area contributed by atoms with Crippen molar-refractivity contribution in [2.75, 3.05) is 0 Å². The van der Waals surface area contributed by atoms with Gasteiger partial charge in [0.2, 0.25) is 0 Å². The summed E-state index contributed by atoms with van der Waals surface area (Å²) in [7, 11) is 0. The first-order valence-corrected chi connectivity index (χ1v) is 4.45. The average molecular weight is 168 g/mol. The summed E-state index contributed by atoms with van der Waals surface area (Å²) in [6.45, 7) is 5.73. The summed E-state index contributed by atoms with van der Waals surface area (Å²) < 4.78 is 0. The Labute approximate surface area is 73.3 Å². The summed E-state index contributed by atoms with van der Waals surface area (Å²) in [5, 5.41) is 9.06. The van der Waals surface area contributed by atoms with Gasteiger partial charge in [-0.25, -0.2) is 0 Å². The number of carboxylic acid groups (broad SMARTS) is 1. The number of rotatable bonds is 3. The van der Waals surface area contributed by atoms with E-state index < -0.39 is 11.4 Å². The molecule has 2 unspecified atom stereocenters. The first-order valence-electron chi connectivity index (χ1n) is 4.45. The van der Waals surface area contributed by atoms with Crippen molar-refractivity contribution in [2.24, 2.45) is 11.3 Å². The summed E-state index contributed by atoms with van der Waals surface area (Å²) in [4.78, 5) is 11.0. The van der Waals surface area contributed by atoms with Crippen LogP contribution in [0.5, 0.6) is 0 Å². The monoisotopic (exact) mass is 168 g/mol. The Morgan fingerprint density at radius 2 is 2.50 bits per heavy atom. The zero-order valence-electron chi connectivity index (χ0n) is 7.55. The minimum atomic E-state index is -0.647. The maximum atomic E-state index is 11.0. The lowest BCUT2D eigenvalue weighted by Gasteiger charge is -2.21. The van der Waals surface area contributed by atoms with Crippen molar-refractivity contribution in [3.63, 3.8) is 0 Å². The Kier molecular flexibility index (Phi) is 2.55. The van der Waals surface area contributed by atoms with Crippen LogP contribution in [-0.2, 0) is 4.79 Å². The molecule has 1 saturated carbocycles. The third-order valence-corrected chi connectivity index (χ3v) is 2.84. The van der Waals surface area contributed by atoms with E-state index >= 15 is 0 Å². The van der Waals surface area contributed by atoms with Gasteiger partial charge in [-0.2, -0.15) is 0 Å². The number of carboxylic acids is 1. The molecule has 0 aliphatic heterocycles. The lowest BCUT2D eigenvalue weighted by atomic mass is 9.82. The molecule has 0 aromatic heterocycles. The minimum absolute atomic E-state index is 0.485. The number of hydrogen-bond acceptors (Lipinski definition) is 1. The van der Waals surface area contributed by atoms with Crippen LogP contribution in [0.2, 0.25) is 0 Å². The van der Waals surface area contributed by atoms with E-state index in [1.54, 1.807) is 6.08 Å². The van der Waals surface area contributed by atoms with Gasteiger partial charge in [0.25, 0.3) is 0 Å². The lowest BCUT2D eigenvalue weighted by molar-refractivity contribution is -0.148. The van der Waals surface area contributed by atoms with E-state index in [2.05, 4.69) is 13.5 Å². The molecule has 0 bridgehead atoms. The first kappa shape index (κ1) is 9.30. The van der Waals surface area contributed by atoms with Gasteiger partial charge < -0.3 is 5.11 Å². The van der Waals surface area contributed by atoms with Gasteiger partial charge in [-0.1, -0.05) is 13.0 Å². The molecule has 2 heteroatoms. The molecule has 2 atom stereocenters. The molecule has 0 spiro atoms. The van der Waals surface area contributed by atoms with Gasteiger partial charge in [-0.05, 0) is 31.6 Å². The molecule has 1 aliphatic rings. The summed E-state index contributed by atoms with van der Waals surface area (Å²) in [6.07, 6.45) is 5.02. The van der Waals surface area contributed by atoms with Crippen LogP contribution in [0.1, 0.15) is 32.6 Å². The van der Waals surface area contributed by atoms with Crippen LogP contribution < -0.4 is 0 Å². The van der Waals surface area contributed by atoms with Gasteiger partial charge in [-0.3, -0.25) is 4.79 Å². The topological polar surface area (TPSA) is 37.3 Å². The Morgan fingerprint density at radius 3 is 2.83 bits per heavy atom. The molecule has 1 rings (SSSR count). The van der Waals surface area contributed by atoms with E-state index in [1.165, 1.54) is 0 Å². The van der Waals surface area contributed by atoms with E-state index in [-0.39, 0.29) is 0 Å². The normalized spacial score (nSPS) is 34.9. The molecule has 0 radical (unpaired) electrons. The molecule has 0 aromatic rings. The maximum Gasteiger partial charge on any atom is 0.309 e. The van der Waals surface area contributed by atoms with Gasteiger partial charge in [0.1, 0.15) is 0 Å². The smallest absolute Gasteiger partial charge is 0.309 e. The summed E-state index contributed by atoms with van der Waals surface area (Å²) in [5.41, 5.74) is -0.485. The van der Waals surface area contributed by atoms with Crippen LogP contribution >= 0.6 is 0 Å². The highest BCUT2D eigenvalue weighted by atomic mass is 16.4. The van der Waals surface area contributed by atoms with E-state index in [1.807, 2.05) is 0 Å². The predicted octanol–water partition coefficient (Wildman–Crippen LogP) is 2.45. The Morgan fingerprint density at radius 1 is 1.83 bits per heavy atom. The molecule has 12 heavy (non-hydrogen) atoms. The second-order valence-electron chi connectivity index (χ2n) is 3.93. The quantitative estimate of drug-likeness (QED) is 0.657. The number of hydrogen-bond donors (Lipinski definition) is 1. The van der Waals surface area contributed by atoms with E-state index in [4.69, 9.17) is 5.11 Å². The second-order valence-corrected chi connectivity index (χ2v) is 3.93. The average Bonchev–Trinajstić information content (AvgIpc) is 2.34. The fraction of sp³-hybridized carbons (Fsp3) is 0.700. The SMILES string of the molecule is C=CCC1(C(=O)O)CCC(C)C1. The number of allylic oxidation sites excluding steroid dienone is 1. The van der Waals surface area contributed by atoms with Crippen molar-refractivity contribution >= 4 is 5.97 Å². The third kappa shape index (κ3) is 1.52. The van der Waals surface area contributed by atoms with Crippen molar-refractivity contribution in [2.45, 2.75) is 32.6 Å². The zero-order chi connectivity index (χ0) is 9.19. The van der Waals surface area contributed by atoms with Crippen LogP contribution in [0.4, 0.5) is 0 Å². The highest BCUT2D eigenvalue weighted by molar-refractivity contribution is 5.75. The first-order chi connectivity index (χ1) is 5.60. The van der Waals surface area contributed by atoms with Crippen molar-refractivity contribution in [3.8, 4) is 0 Å². The van der Waals surface area contributed by atoms with Crippen molar-refractivity contribution in [1.29, 1.82) is 0 Å². The van der Waals surface area contributed by atoms with Gasteiger partial charge in [0, 0.05) is 0 Å². The van der Waals surface area contributed by atoms with Crippen molar-refractivity contribution in [1.82, 2.24) is 0 Å².